The molecular formula is C14H18N2O3. The maximum Gasteiger partial charge on any atom is 0.251 e. The van der Waals surface area contributed by atoms with Crippen LogP contribution in [0.25, 0.3) is 0 Å². The first kappa shape index (κ1) is 13.5. The first-order chi connectivity index (χ1) is 9.10. The summed E-state index contributed by atoms with van der Waals surface area (Å²) in [6, 6.07) is 7.23. The van der Waals surface area contributed by atoms with E-state index in [-0.39, 0.29) is 30.9 Å². The summed E-state index contributed by atoms with van der Waals surface area (Å²) < 4.78 is 0. The van der Waals surface area contributed by atoms with E-state index in [0.717, 1.165) is 5.56 Å². The number of aliphatic hydroxyl groups is 1. The standard InChI is InChI=1S/C14H18N2O3/c1-10-3-2-4-12(5-10)14(19)15-6-13(18)16-7-11(8-16)9-17/h2-5,11,17H,6-9H2,1H3,(H,15,19). The number of hydrogen-bond acceptors (Lipinski definition) is 3. The first-order valence-corrected chi connectivity index (χ1v) is 6.33. The van der Waals surface area contributed by atoms with Gasteiger partial charge in [-0.05, 0) is 19.1 Å². The van der Waals surface area contributed by atoms with Crippen LogP contribution in [0.5, 0.6) is 0 Å². The summed E-state index contributed by atoms with van der Waals surface area (Å²) >= 11 is 0. The molecule has 1 aliphatic heterocycles. The molecule has 5 heteroatoms. The zero-order valence-corrected chi connectivity index (χ0v) is 10.9. The number of amides is 2. The smallest absolute Gasteiger partial charge is 0.251 e. The van der Waals surface area contributed by atoms with Crippen molar-refractivity contribution in [1.82, 2.24) is 10.2 Å². The van der Waals surface area contributed by atoms with Crippen LogP contribution in [0.15, 0.2) is 24.3 Å². The normalized spacial score (nSPS) is 14.9. The Hall–Kier alpha value is -1.88. The molecule has 2 rings (SSSR count). The van der Waals surface area contributed by atoms with Crippen LogP contribution in [0.3, 0.4) is 0 Å². The van der Waals surface area contributed by atoms with E-state index in [1.165, 1.54) is 0 Å². The van der Waals surface area contributed by atoms with Crippen molar-refractivity contribution in [2.45, 2.75) is 6.92 Å². The van der Waals surface area contributed by atoms with E-state index in [0.29, 0.717) is 18.7 Å². The summed E-state index contributed by atoms with van der Waals surface area (Å²) in [6.45, 7) is 3.19. The highest BCUT2D eigenvalue weighted by Crippen LogP contribution is 2.14. The zero-order chi connectivity index (χ0) is 13.8. The van der Waals surface area contributed by atoms with Gasteiger partial charge in [0.25, 0.3) is 5.91 Å². The van der Waals surface area contributed by atoms with E-state index in [1.54, 1.807) is 17.0 Å². The molecule has 0 unspecified atom stereocenters. The Balaban J connectivity index is 1.79. The maximum atomic E-state index is 11.8. The monoisotopic (exact) mass is 262 g/mol. The number of hydrogen-bond donors (Lipinski definition) is 2. The second-order valence-corrected chi connectivity index (χ2v) is 4.90. The Morgan fingerprint density at radius 3 is 2.79 bits per heavy atom. The van der Waals surface area contributed by atoms with Gasteiger partial charge in [-0.2, -0.15) is 0 Å². The van der Waals surface area contributed by atoms with Crippen LogP contribution in [0.1, 0.15) is 15.9 Å². The van der Waals surface area contributed by atoms with Crippen LogP contribution >= 0.6 is 0 Å². The molecule has 0 bridgehead atoms. The second-order valence-electron chi connectivity index (χ2n) is 4.90. The lowest BCUT2D eigenvalue weighted by Gasteiger charge is -2.38. The minimum absolute atomic E-state index is 0.00488. The van der Waals surface area contributed by atoms with Crippen LogP contribution in [0, 0.1) is 12.8 Å². The third-order valence-corrected chi connectivity index (χ3v) is 3.25. The lowest BCUT2D eigenvalue weighted by Crippen LogP contribution is -2.54. The van der Waals surface area contributed by atoms with Gasteiger partial charge in [-0.25, -0.2) is 0 Å². The van der Waals surface area contributed by atoms with Gasteiger partial charge in [0, 0.05) is 31.2 Å². The van der Waals surface area contributed by atoms with E-state index >= 15 is 0 Å². The fourth-order valence-electron chi connectivity index (χ4n) is 2.05. The van der Waals surface area contributed by atoms with Gasteiger partial charge in [-0.15, -0.1) is 0 Å². The number of carbonyl (C=O) groups is 2. The van der Waals surface area contributed by atoms with Gasteiger partial charge < -0.3 is 15.3 Å². The predicted octanol–water partition coefficient (Wildman–Crippen LogP) is 0.176. The van der Waals surface area contributed by atoms with E-state index in [2.05, 4.69) is 5.32 Å². The van der Waals surface area contributed by atoms with Crippen LogP contribution in [-0.4, -0.2) is 48.1 Å². The number of nitrogens with one attached hydrogen (secondary N) is 1. The topological polar surface area (TPSA) is 69.6 Å². The van der Waals surface area contributed by atoms with Crippen molar-refractivity contribution in [1.29, 1.82) is 0 Å². The van der Waals surface area contributed by atoms with Crippen molar-refractivity contribution in [3.63, 3.8) is 0 Å². The molecule has 1 aromatic rings. The molecule has 0 atom stereocenters. The molecule has 1 heterocycles. The first-order valence-electron chi connectivity index (χ1n) is 6.33. The molecule has 1 saturated heterocycles. The number of rotatable bonds is 4. The van der Waals surface area contributed by atoms with Crippen molar-refractivity contribution < 1.29 is 14.7 Å². The minimum atomic E-state index is -0.240. The van der Waals surface area contributed by atoms with Crippen molar-refractivity contribution in [2.75, 3.05) is 26.2 Å². The van der Waals surface area contributed by atoms with Crippen molar-refractivity contribution >= 4 is 11.8 Å². The quantitative estimate of drug-likeness (QED) is 0.813. The van der Waals surface area contributed by atoms with Gasteiger partial charge in [0.2, 0.25) is 5.91 Å². The molecule has 19 heavy (non-hydrogen) atoms. The Morgan fingerprint density at radius 1 is 1.42 bits per heavy atom. The fraction of sp³-hybridized carbons (Fsp3) is 0.429. The molecule has 1 fully saturated rings. The van der Waals surface area contributed by atoms with Gasteiger partial charge in [-0.1, -0.05) is 17.7 Å². The van der Waals surface area contributed by atoms with E-state index in [1.807, 2.05) is 19.1 Å². The molecule has 0 radical (unpaired) electrons. The predicted molar refractivity (Wildman–Crippen MR) is 70.7 cm³/mol. The number of aryl methyl sites for hydroxylation is 1. The lowest BCUT2D eigenvalue weighted by atomic mass is 10.0. The number of aliphatic hydroxyl groups excluding tert-OH is 1. The largest absolute Gasteiger partial charge is 0.396 e. The molecule has 102 valence electrons. The van der Waals surface area contributed by atoms with E-state index < -0.39 is 0 Å². The summed E-state index contributed by atoms with van der Waals surface area (Å²) in [5.41, 5.74) is 1.57. The van der Waals surface area contributed by atoms with Crippen LogP contribution in [0.4, 0.5) is 0 Å². The van der Waals surface area contributed by atoms with Crippen molar-refractivity contribution in [3.05, 3.63) is 35.4 Å². The molecule has 2 amide bonds. The van der Waals surface area contributed by atoms with E-state index in [4.69, 9.17) is 5.11 Å². The van der Waals surface area contributed by atoms with Crippen LogP contribution in [-0.2, 0) is 4.79 Å². The van der Waals surface area contributed by atoms with Crippen LogP contribution in [0.2, 0.25) is 0 Å². The summed E-state index contributed by atoms with van der Waals surface area (Å²) in [4.78, 5) is 25.2. The highest BCUT2D eigenvalue weighted by Gasteiger charge is 2.29. The molecule has 0 spiro atoms. The molecule has 5 nitrogen and oxygen atoms in total. The van der Waals surface area contributed by atoms with E-state index in [9.17, 15) is 9.59 Å². The third kappa shape index (κ3) is 3.32. The summed E-state index contributed by atoms with van der Waals surface area (Å²) in [5.74, 6) is -0.154. The molecule has 2 N–H and O–H groups in total. The summed E-state index contributed by atoms with van der Waals surface area (Å²) in [7, 11) is 0. The highest BCUT2D eigenvalue weighted by molar-refractivity contribution is 5.96. The average Bonchev–Trinajstić information content (AvgIpc) is 2.34. The maximum absolute atomic E-state index is 11.8. The van der Waals surface area contributed by atoms with Gasteiger partial charge in [0.05, 0.1) is 6.54 Å². The SMILES string of the molecule is Cc1cccc(C(=O)NCC(=O)N2CC(CO)C2)c1. The summed E-state index contributed by atoms with van der Waals surface area (Å²) in [5, 5.41) is 11.5. The van der Waals surface area contributed by atoms with Gasteiger partial charge in [0.15, 0.2) is 0 Å². The summed E-state index contributed by atoms with van der Waals surface area (Å²) in [6.07, 6.45) is 0. The van der Waals surface area contributed by atoms with Crippen molar-refractivity contribution in [2.24, 2.45) is 5.92 Å². The molecule has 1 aliphatic rings. The number of likely N-dealkylation sites (tertiary alicyclic amines) is 1. The second kappa shape index (κ2) is 5.84. The Morgan fingerprint density at radius 2 is 2.16 bits per heavy atom. The Kier molecular flexibility index (Phi) is 4.16. The van der Waals surface area contributed by atoms with Gasteiger partial charge >= 0.3 is 0 Å². The third-order valence-electron chi connectivity index (χ3n) is 3.25. The number of carbonyl (C=O) groups excluding carboxylic acids is 2. The molecule has 0 aromatic heterocycles. The molecular weight excluding hydrogens is 244 g/mol. The fourth-order valence-corrected chi connectivity index (χ4v) is 2.05. The van der Waals surface area contributed by atoms with Gasteiger partial charge in [-0.3, -0.25) is 9.59 Å². The zero-order valence-electron chi connectivity index (χ0n) is 10.9. The molecule has 0 saturated carbocycles. The minimum Gasteiger partial charge on any atom is -0.396 e. The highest BCUT2D eigenvalue weighted by atomic mass is 16.3. The van der Waals surface area contributed by atoms with Crippen molar-refractivity contribution in [3.8, 4) is 0 Å². The number of benzene rings is 1. The van der Waals surface area contributed by atoms with Gasteiger partial charge in [0.1, 0.15) is 0 Å². The Bertz CT molecular complexity index is 481. The Labute approximate surface area is 112 Å². The molecule has 0 aliphatic carbocycles. The number of nitrogens with zero attached hydrogens (tertiary/aromatic N) is 1. The molecule has 1 aromatic carbocycles. The van der Waals surface area contributed by atoms with Crippen LogP contribution < -0.4 is 5.32 Å². The average molecular weight is 262 g/mol. The lowest BCUT2D eigenvalue weighted by molar-refractivity contribution is -0.137.